The topological polar surface area (TPSA) is 192 Å². The minimum Gasteiger partial charge on any atom is -0.508 e. The van der Waals surface area contributed by atoms with E-state index in [1.165, 1.54) is 30.7 Å². The van der Waals surface area contributed by atoms with E-state index in [9.17, 15) is 24.0 Å². The summed E-state index contributed by atoms with van der Waals surface area (Å²) in [5, 5.41) is 31.4. The number of piperazine rings is 1. The molecule has 0 radical (unpaired) electrons. The molecule has 3 saturated heterocycles. The van der Waals surface area contributed by atoms with Crippen molar-refractivity contribution >= 4 is 52.6 Å². The van der Waals surface area contributed by atoms with Crippen molar-refractivity contribution in [1.29, 1.82) is 5.26 Å². The monoisotopic (exact) mass is 813 g/mol. The first-order chi connectivity index (χ1) is 28.0. The normalized spacial score (nSPS) is 20.6. The highest BCUT2D eigenvalue weighted by Crippen LogP contribution is 2.33. The molecule has 304 valence electrons. The number of piperidine rings is 2. The Morgan fingerprint density at radius 2 is 1.59 bits per heavy atom. The van der Waals surface area contributed by atoms with E-state index in [1.54, 1.807) is 6.07 Å². The molecule has 17 heteroatoms. The lowest BCUT2D eigenvalue weighted by molar-refractivity contribution is -0.136. The number of nitriles is 1. The molecule has 3 aromatic rings. The fourth-order valence-corrected chi connectivity index (χ4v) is 8.54. The molecule has 1 unspecified atom stereocenters. The number of fused-ring (bicyclic) bond motifs is 1. The molecular weight excluding hydrogens is 769 g/mol. The molecule has 1 atom stereocenters. The second kappa shape index (κ2) is 17.9. The zero-order valence-corrected chi connectivity index (χ0v) is 32.7. The molecule has 3 N–H and O–H groups in total. The summed E-state index contributed by atoms with van der Waals surface area (Å²) in [5.74, 6) is -1.86. The molecule has 1 aliphatic carbocycles. The number of hydrogen-bond acceptors (Lipinski definition) is 12. The maximum atomic E-state index is 15.3. The van der Waals surface area contributed by atoms with E-state index in [0.29, 0.717) is 30.3 Å². The van der Waals surface area contributed by atoms with Crippen LogP contribution in [0.25, 0.3) is 0 Å². The molecule has 5 heterocycles. The fraction of sp³-hybridized carbons (Fsp3) is 0.463. The Labute approximate surface area is 340 Å². The quantitative estimate of drug-likeness (QED) is 0.291. The van der Waals surface area contributed by atoms with Gasteiger partial charge in [0.1, 0.15) is 23.7 Å². The number of benzene rings is 2. The predicted molar refractivity (Wildman–Crippen MR) is 211 cm³/mol. The SMILES string of the molecule is N#Cc1ccc(O)cc1Cl.O=C1CCC(N2C(=O)c3cc(F)c(N4CCN(CC5CCN(c6ccc(C(=O)NC7CCCCC7)nn6)CC5)CC4)cc3C2=O)C(=O)N1. The highest BCUT2D eigenvalue weighted by atomic mass is 35.5. The molecule has 0 spiro atoms. The van der Waals surface area contributed by atoms with Gasteiger partial charge < -0.3 is 20.2 Å². The maximum absolute atomic E-state index is 15.3. The number of hydrogen-bond donors (Lipinski definition) is 3. The van der Waals surface area contributed by atoms with Crippen molar-refractivity contribution in [3.05, 3.63) is 75.7 Å². The molecule has 0 bridgehead atoms. The first-order valence-corrected chi connectivity index (χ1v) is 20.2. The van der Waals surface area contributed by atoms with Gasteiger partial charge in [0.25, 0.3) is 17.7 Å². The molecule has 5 aliphatic rings. The second-order valence-electron chi connectivity index (χ2n) is 15.4. The number of carbonyl (C=O) groups excluding carboxylic acids is 5. The minimum atomic E-state index is -1.09. The molecule has 1 saturated carbocycles. The fourth-order valence-electron chi connectivity index (χ4n) is 8.32. The lowest BCUT2D eigenvalue weighted by Crippen LogP contribution is -2.54. The average molecular weight is 814 g/mol. The average Bonchev–Trinajstić information content (AvgIpc) is 3.46. The largest absolute Gasteiger partial charge is 0.508 e. The van der Waals surface area contributed by atoms with E-state index >= 15 is 4.39 Å². The van der Waals surface area contributed by atoms with Gasteiger partial charge in [0.2, 0.25) is 11.8 Å². The van der Waals surface area contributed by atoms with E-state index in [-0.39, 0.29) is 52.4 Å². The van der Waals surface area contributed by atoms with Crippen molar-refractivity contribution < 1.29 is 33.5 Å². The molecule has 4 fully saturated rings. The summed E-state index contributed by atoms with van der Waals surface area (Å²) in [6, 6.07) is 11.4. The molecule has 2 aromatic carbocycles. The van der Waals surface area contributed by atoms with Crippen LogP contribution in [0, 0.1) is 23.1 Å². The molecule has 5 amide bonds. The van der Waals surface area contributed by atoms with Crippen LogP contribution in [0.2, 0.25) is 5.02 Å². The Balaban J connectivity index is 0.000000449. The van der Waals surface area contributed by atoms with E-state index < -0.39 is 35.5 Å². The van der Waals surface area contributed by atoms with Crippen molar-refractivity contribution in [3.8, 4) is 11.8 Å². The third-order valence-corrected chi connectivity index (χ3v) is 11.9. The number of aromatic nitrogens is 2. The number of halogens is 2. The molecule has 1 aromatic heterocycles. The Hall–Kier alpha value is -5.66. The van der Waals surface area contributed by atoms with Gasteiger partial charge in [0, 0.05) is 58.3 Å². The van der Waals surface area contributed by atoms with Gasteiger partial charge in [-0.25, -0.2) is 4.39 Å². The lowest BCUT2D eigenvalue weighted by Gasteiger charge is -2.39. The van der Waals surface area contributed by atoms with E-state index in [1.807, 2.05) is 17.0 Å². The Morgan fingerprint density at radius 1 is 0.879 bits per heavy atom. The third-order valence-electron chi connectivity index (χ3n) is 11.6. The standard InChI is InChI=1S/C34H41FN8O5.C7H4ClNO/c35-25-18-23-24(34(48)43(33(23)47)27-7-9-30(44)37-32(27)46)19-28(25)41-16-14-40(15-17-41)20-21-10-12-42(13-11-21)29-8-6-26(38-39-29)31(45)36-22-4-2-1-3-5-22;8-7-3-6(10)2-1-5(7)4-9/h6,8,18-19,21-22,27H,1-5,7,9-17,20H2,(H,36,45)(H,37,44,46);1-3,10H. The lowest BCUT2D eigenvalue weighted by atomic mass is 9.95. The van der Waals surface area contributed by atoms with Crippen molar-refractivity contribution in [2.45, 2.75) is 69.9 Å². The zero-order valence-electron chi connectivity index (χ0n) is 32.0. The Bertz CT molecular complexity index is 2110. The number of amides is 5. The Kier molecular flexibility index (Phi) is 12.5. The molecule has 4 aliphatic heterocycles. The molecule has 8 rings (SSSR count). The van der Waals surface area contributed by atoms with Crippen LogP contribution in [0.4, 0.5) is 15.9 Å². The summed E-state index contributed by atoms with van der Waals surface area (Å²) in [4.78, 5) is 70.2. The van der Waals surface area contributed by atoms with Crippen molar-refractivity contribution in [1.82, 2.24) is 30.6 Å². The third kappa shape index (κ3) is 9.05. The number of phenols is 1. The number of carbonyl (C=O) groups is 5. The van der Waals surface area contributed by atoms with Crippen molar-refractivity contribution in [2.75, 3.05) is 55.6 Å². The van der Waals surface area contributed by atoms with E-state index in [4.69, 9.17) is 22.0 Å². The van der Waals surface area contributed by atoms with Gasteiger partial charge in [-0.1, -0.05) is 30.9 Å². The van der Waals surface area contributed by atoms with Gasteiger partial charge in [-0.05, 0) is 80.5 Å². The highest BCUT2D eigenvalue weighted by Gasteiger charge is 2.45. The number of phenolic OH excluding ortho intramolecular Hbond substituents is 1. The second-order valence-corrected chi connectivity index (χ2v) is 15.8. The maximum Gasteiger partial charge on any atom is 0.272 e. The van der Waals surface area contributed by atoms with E-state index in [0.717, 1.165) is 88.0 Å². The number of aromatic hydroxyl groups is 1. The van der Waals surface area contributed by atoms with Gasteiger partial charge in [-0.15, -0.1) is 10.2 Å². The summed E-state index contributed by atoms with van der Waals surface area (Å²) in [6.07, 6.45) is 7.67. The number of rotatable bonds is 7. The van der Waals surface area contributed by atoms with Gasteiger partial charge in [-0.2, -0.15) is 5.26 Å². The number of anilines is 2. The van der Waals surface area contributed by atoms with Gasteiger partial charge in [-0.3, -0.25) is 39.1 Å². The molecular formula is C41H45ClFN9O6. The van der Waals surface area contributed by atoms with Crippen LogP contribution in [0.1, 0.15) is 94.6 Å². The van der Waals surface area contributed by atoms with Crippen LogP contribution >= 0.6 is 11.6 Å². The summed E-state index contributed by atoms with van der Waals surface area (Å²) in [6.45, 7) is 5.28. The summed E-state index contributed by atoms with van der Waals surface area (Å²) < 4.78 is 15.3. The Morgan fingerprint density at radius 3 is 2.22 bits per heavy atom. The van der Waals surface area contributed by atoms with Gasteiger partial charge in [0.05, 0.1) is 27.4 Å². The first kappa shape index (κ1) is 40.5. The summed E-state index contributed by atoms with van der Waals surface area (Å²) in [5.41, 5.74) is 1.02. The smallest absolute Gasteiger partial charge is 0.272 e. The zero-order chi connectivity index (χ0) is 40.9. The van der Waals surface area contributed by atoms with Crippen LogP contribution in [-0.4, -0.2) is 113 Å². The minimum absolute atomic E-state index is 0.0247. The number of nitrogens with zero attached hydrogens (tertiary/aromatic N) is 7. The van der Waals surface area contributed by atoms with Gasteiger partial charge >= 0.3 is 0 Å². The number of nitrogens with one attached hydrogen (secondary N) is 2. The summed E-state index contributed by atoms with van der Waals surface area (Å²) >= 11 is 5.55. The summed E-state index contributed by atoms with van der Waals surface area (Å²) in [7, 11) is 0. The van der Waals surface area contributed by atoms with Crippen molar-refractivity contribution in [2.24, 2.45) is 5.92 Å². The van der Waals surface area contributed by atoms with Crippen LogP contribution < -0.4 is 20.4 Å². The van der Waals surface area contributed by atoms with Crippen LogP contribution in [-0.2, 0) is 9.59 Å². The molecule has 58 heavy (non-hydrogen) atoms. The van der Waals surface area contributed by atoms with Gasteiger partial charge in [0.15, 0.2) is 11.5 Å². The predicted octanol–water partition coefficient (Wildman–Crippen LogP) is 4.04. The highest BCUT2D eigenvalue weighted by molar-refractivity contribution is 6.31. The van der Waals surface area contributed by atoms with E-state index in [2.05, 4.69) is 30.6 Å². The number of imide groups is 2. The van der Waals surface area contributed by atoms with Crippen LogP contribution in [0.5, 0.6) is 5.75 Å². The first-order valence-electron chi connectivity index (χ1n) is 19.8. The van der Waals surface area contributed by atoms with Crippen molar-refractivity contribution in [3.63, 3.8) is 0 Å². The molecule has 15 nitrogen and oxygen atoms in total. The van der Waals surface area contributed by atoms with Crippen LogP contribution in [0.15, 0.2) is 42.5 Å². The van der Waals surface area contributed by atoms with Crippen LogP contribution in [0.3, 0.4) is 0 Å².